The van der Waals surface area contributed by atoms with Gasteiger partial charge in [0.15, 0.2) is 0 Å². The highest BCUT2D eigenvalue weighted by Gasteiger charge is 2.26. The average molecular weight is 321 g/mol. The Labute approximate surface area is 140 Å². The van der Waals surface area contributed by atoms with Gasteiger partial charge < -0.3 is 10.2 Å². The molecule has 130 valence electrons. The van der Waals surface area contributed by atoms with Crippen LogP contribution in [0.15, 0.2) is 11.6 Å². The third kappa shape index (κ3) is 5.34. The molecule has 1 fully saturated rings. The van der Waals surface area contributed by atoms with E-state index in [1.807, 2.05) is 4.90 Å². The highest BCUT2D eigenvalue weighted by molar-refractivity contribution is 5.79. The summed E-state index contributed by atoms with van der Waals surface area (Å²) >= 11 is 0. The molecule has 0 bridgehead atoms. The average Bonchev–Trinajstić information content (AvgIpc) is 2.55. The van der Waals surface area contributed by atoms with Crippen LogP contribution >= 0.6 is 0 Å². The van der Waals surface area contributed by atoms with Gasteiger partial charge >= 0.3 is 0 Å². The largest absolute Gasteiger partial charge is 0.353 e. The molecule has 1 N–H and O–H groups in total. The van der Waals surface area contributed by atoms with E-state index in [0.717, 1.165) is 45.3 Å². The van der Waals surface area contributed by atoms with Gasteiger partial charge in [-0.25, -0.2) is 0 Å². The Bertz CT molecular complexity index is 453. The molecule has 2 aliphatic rings. The predicted octanol–water partition coefficient (Wildman–Crippen LogP) is 1.79. The van der Waals surface area contributed by atoms with Crippen LogP contribution in [0.3, 0.4) is 0 Å². The molecule has 5 nitrogen and oxygen atoms in total. The fraction of sp³-hybridized carbons (Fsp3) is 0.778. The standard InChI is InChI=1S/C18H31N3O2/c1-4-20-9-5-16(6-10-20)13-14(2)19-18(23)17-7-11-21(12-8-17)15(3)22/h5,14,17H,4,6-13H2,1-3H3,(H,19,23)/t14-/m0/s1. The van der Waals surface area contributed by atoms with Crippen molar-refractivity contribution < 1.29 is 9.59 Å². The van der Waals surface area contributed by atoms with Gasteiger partial charge in [-0.1, -0.05) is 18.6 Å². The lowest BCUT2D eigenvalue weighted by Gasteiger charge is -2.31. The summed E-state index contributed by atoms with van der Waals surface area (Å²) in [6.45, 7) is 10.6. The highest BCUT2D eigenvalue weighted by atomic mass is 16.2. The van der Waals surface area contributed by atoms with Crippen molar-refractivity contribution >= 4 is 11.8 Å². The lowest BCUT2D eigenvalue weighted by molar-refractivity contribution is -0.134. The minimum absolute atomic E-state index is 0.0592. The number of piperidine rings is 1. The number of likely N-dealkylation sites (tertiary alicyclic amines) is 1. The summed E-state index contributed by atoms with van der Waals surface area (Å²) in [7, 11) is 0. The van der Waals surface area contributed by atoms with E-state index in [9.17, 15) is 9.59 Å². The number of rotatable bonds is 5. The quantitative estimate of drug-likeness (QED) is 0.786. The van der Waals surface area contributed by atoms with E-state index in [1.54, 1.807) is 6.92 Å². The summed E-state index contributed by atoms with van der Waals surface area (Å²) in [4.78, 5) is 28.0. The molecule has 2 amide bonds. The summed E-state index contributed by atoms with van der Waals surface area (Å²) in [6, 6.07) is 0.188. The summed E-state index contributed by atoms with van der Waals surface area (Å²) in [6.07, 6.45) is 5.96. The van der Waals surface area contributed by atoms with E-state index in [2.05, 4.69) is 30.1 Å². The first-order chi connectivity index (χ1) is 11.0. The van der Waals surface area contributed by atoms with Crippen molar-refractivity contribution in [2.24, 2.45) is 5.92 Å². The molecule has 0 radical (unpaired) electrons. The minimum atomic E-state index is 0.0592. The number of likely N-dealkylation sites (N-methyl/N-ethyl adjacent to an activating group) is 1. The van der Waals surface area contributed by atoms with Crippen LogP contribution in [-0.4, -0.2) is 60.4 Å². The fourth-order valence-electron chi connectivity index (χ4n) is 3.49. The van der Waals surface area contributed by atoms with Crippen LogP contribution < -0.4 is 5.32 Å². The Morgan fingerprint density at radius 3 is 2.52 bits per heavy atom. The van der Waals surface area contributed by atoms with Gasteiger partial charge in [0.2, 0.25) is 11.8 Å². The highest BCUT2D eigenvalue weighted by Crippen LogP contribution is 2.19. The maximum atomic E-state index is 12.4. The second-order valence-corrected chi connectivity index (χ2v) is 6.90. The van der Waals surface area contributed by atoms with Crippen molar-refractivity contribution in [2.75, 3.05) is 32.7 Å². The van der Waals surface area contributed by atoms with Crippen LogP contribution in [0.25, 0.3) is 0 Å². The fourth-order valence-corrected chi connectivity index (χ4v) is 3.49. The molecule has 0 aromatic carbocycles. The molecule has 0 aromatic heterocycles. The zero-order chi connectivity index (χ0) is 16.8. The maximum absolute atomic E-state index is 12.4. The summed E-state index contributed by atoms with van der Waals surface area (Å²) in [5.74, 6) is 0.332. The smallest absolute Gasteiger partial charge is 0.223 e. The minimum Gasteiger partial charge on any atom is -0.353 e. The van der Waals surface area contributed by atoms with E-state index < -0.39 is 0 Å². The van der Waals surface area contributed by atoms with E-state index in [0.29, 0.717) is 13.1 Å². The monoisotopic (exact) mass is 321 g/mol. The second-order valence-electron chi connectivity index (χ2n) is 6.90. The van der Waals surface area contributed by atoms with Crippen molar-refractivity contribution in [3.05, 3.63) is 11.6 Å². The summed E-state index contributed by atoms with van der Waals surface area (Å²) in [5.41, 5.74) is 1.47. The Kier molecular flexibility index (Phi) is 6.63. The van der Waals surface area contributed by atoms with Gasteiger partial charge in [0, 0.05) is 45.1 Å². The summed E-state index contributed by atoms with van der Waals surface area (Å²) < 4.78 is 0. The van der Waals surface area contributed by atoms with Crippen molar-refractivity contribution in [3.63, 3.8) is 0 Å². The maximum Gasteiger partial charge on any atom is 0.223 e. The van der Waals surface area contributed by atoms with E-state index >= 15 is 0 Å². The van der Waals surface area contributed by atoms with Crippen LogP contribution in [0.4, 0.5) is 0 Å². The van der Waals surface area contributed by atoms with E-state index in [1.165, 1.54) is 5.57 Å². The molecular formula is C18H31N3O2. The topological polar surface area (TPSA) is 52.7 Å². The third-order valence-corrected chi connectivity index (χ3v) is 5.10. The van der Waals surface area contributed by atoms with Crippen LogP contribution in [0.2, 0.25) is 0 Å². The Hall–Kier alpha value is -1.36. The number of nitrogens with one attached hydrogen (secondary N) is 1. The Morgan fingerprint density at radius 2 is 2.00 bits per heavy atom. The molecule has 0 saturated carbocycles. The molecule has 2 rings (SSSR count). The molecule has 0 spiro atoms. The van der Waals surface area contributed by atoms with Crippen LogP contribution in [-0.2, 0) is 9.59 Å². The van der Waals surface area contributed by atoms with Gasteiger partial charge in [0.05, 0.1) is 0 Å². The third-order valence-electron chi connectivity index (χ3n) is 5.10. The zero-order valence-electron chi connectivity index (χ0n) is 14.8. The van der Waals surface area contributed by atoms with Gasteiger partial charge in [-0.15, -0.1) is 0 Å². The number of amides is 2. The molecule has 2 heterocycles. The van der Waals surface area contributed by atoms with Crippen LogP contribution in [0.5, 0.6) is 0 Å². The number of nitrogens with zero attached hydrogens (tertiary/aromatic N) is 2. The molecule has 1 saturated heterocycles. The van der Waals surface area contributed by atoms with Crippen molar-refractivity contribution in [1.82, 2.24) is 15.1 Å². The second kappa shape index (κ2) is 8.48. The molecule has 1 atom stereocenters. The van der Waals surface area contributed by atoms with Crippen LogP contribution in [0, 0.1) is 5.92 Å². The molecular weight excluding hydrogens is 290 g/mol. The van der Waals surface area contributed by atoms with E-state index in [-0.39, 0.29) is 23.8 Å². The predicted molar refractivity (Wildman–Crippen MR) is 92.0 cm³/mol. The Morgan fingerprint density at radius 1 is 1.30 bits per heavy atom. The molecule has 5 heteroatoms. The lowest BCUT2D eigenvalue weighted by atomic mass is 9.94. The van der Waals surface area contributed by atoms with Crippen molar-refractivity contribution in [2.45, 2.75) is 52.5 Å². The number of hydrogen-bond donors (Lipinski definition) is 1. The first-order valence-corrected chi connectivity index (χ1v) is 8.95. The van der Waals surface area contributed by atoms with Crippen molar-refractivity contribution in [3.8, 4) is 0 Å². The SMILES string of the molecule is CCN1CC=C(C[C@H](C)NC(=O)C2CCN(C(C)=O)CC2)CC1. The van der Waals surface area contributed by atoms with Gasteiger partial charge in [0.1, 0.15) is 0 Å². The molecule has 0 unspecified atom stereocenters. The zero-order valence-corrected chi connectivity index (χ0v) is 14.8. The lowest BCUT2D eigenvalue weighted by Crippen LogP contribution is -2.44. The van der Waals surface area contributed by atoms with Gasteiger partial charge in [-0.3, -0.25) is 14.5 Å². The molecule has 0 aromatic rings. The van der Waals surface area contributed by atoms with Crippen molar-refractivity contribution in [1.29, 1.82) is 0 Å². The normalized spacial score (nSPS) is 21.7. The Balaban J connectivity index is 1.73. The molecule has 0 aliphatic carbocycles. The van der Waals surface area contributed by atoms with Gasteiger partial charge in [-0.05, 0) is 39.2 Å². The van der Waals surface area contributed by atoms with Gasteiger partial charge in [-0.2, -0.15) is 0 Å². The van der Waals surface area contributed by atoms with Crippen LogP contribution in [0.1, 0.15) is 46.5 Å². The first-order valence-electron chi connectivity index (χ1n) is 8.95. The first kappa shape index (κ1) is 18.0. The van der Waals surface area contributed by atoms with Gasteiger partial charge in [0.25, 0.3) is 0 Å². The van der Waals surface area contributed by atoms with E-state index in [4.69, 9.17) is 0 Å². The summed E-state index contributed by atoms with van der Waals surface area (Å²) in [5, 5.41) is 3.17. The number of carbonyl (C=O) groups excluding carboxylic acids is 2. The molecule has 23 heavy (non-hydrogen) atoms. The molecule has 2 aliphatic heterocycles. The number of hydrogen-bond acceptors (Lipinski definition) is 3. The number of carbonyl (C=O) groups is 2.